The Morgan fingerprint density at radius 2 is 2.30 bits per heavy atom. The minimum absolute atomic E-state index is 0.0545. The molecule has 0 saturated heterocycles. The van der Waals surface area contributed by atoms with Crippen LogP contribution in [0.4, 0.5) is 5.69 Å². The Morgan fingerprint density at radius 3 is 2.90 bits per heavy atom. The number of benzene rings is 1. The second kappa shape index (κ2) is 7.40. The third-order valence-electron chi connectivity index (χ3n) is 3.06. The number of non-ortho nitro benzene ring substituents is 1. The van der Waals surface area contributed by atoms with Gasteiger partial charge in [0.05, 0.1) is 11.5 Å². The van der Waals surface area contributed by atoms with Crippen molar-refractivity contribution in [2.24, 2.45) is 0 Å². The van der Waals surface area contributed by atoms with Crippen LogP contribution in [0.5, 0.6) is 0 Å². The Bertz CT molecular complexity index is 502. The van der Waals surface area contributed by atoms with Crippen molar-refractivity contribution in [1.29, 1.82) is 0 Å². The smallest absolute Gasteiger partial charge is 0.269 e. The van der Waals surface area contributed by atoms with E-state index in [2.05, 4.69) is 11.9 Å². The molecule has 20 heavy (non-hydrogen) atoms. The summed E-state index contributed by atoms with van der Waals surface area (Å²) in [6.07, 6.45) is 1.61. The molecule has 0 aliphatic heterocycles. The number of likely N-dealkylation sites (N-methyl/N-ethyl adjacent to an activating group) is 1. The summed E-state index contributed by atoms with van der Waals surface area (Å²) >= 11 is 0. The number of hydrogen-bond acceptors (Lipinski definition) is 4. The standard InChI is InChI=1S/C14H19N3O3/c1-4-8-15-14(18)10-16(3)11(2)12-6-5-7-13(9-12)17(19)20/h4-7,9,11H,1,8,10H2,2-3H3,(H,15,18). The third-order valence-corrected chi connectivity index (χ3v) is 3.06. The quantitative estimate of drug-likeness (QED) is 0.469. The lowest BCUT2D eigenvalue weighted by molar-refractivity contribution is -0.384. The third kappa shape index (κ3) is 4.47. The molecule has 1 amide bonds. The van der Waals surface area contributed by atoms with Gasteiger partial charge in [0.2, 0.25) is 5.91 Å². The van der Waals surface area contributed by atoms with E-state index in [0.29, 0.717) is 6.54 Å². The molecule has 0 fully saturated rings. The number of nitrogens with zero attached hydrogens (tertiary/aromatic N) is 2. The van der Waals surface area contributed by atoms with Crippen LogP contribution in [0.2, 0.25) is 0 Å². The van der Waals surface area contributed by atoms with E-state index in [9.17, 15) is 14.9 Å². The lowest BCUT2D eigenvalue weighted by Gasteiger charge is -2.24. The predicted molar refractivity (Wildman–Crippen MR) is 77.3 cm³/mol. The van der Waals surface area contributed by atoms with Crippen LogP contribution in [0.25, 0.3) is 0 Å². The van der Waals surface area contributed by atoms with E-state index < -0.39 is 4.92 Å². The Kier molecular flexibility index (Phi) is 5.86. The largest absolute Gasteiger partial charge is 0.352 e. The Labute approximate surface area is 118 Å². The Morgan fingerprint density at radius 1 is 1.60 bits per heavy atom. The number of carbonyl (C=O) groups excluding carboxylic acids is 1. The minimum Gasteiger partial charge on any atom is -0.352 e. The molecule has 0 aromatic heterocycles. The lowest BCUT2D eigenvalue weighted by Crippen LogP contribution is -2.36. The van der Waals surface area contributed by atoms with E-state index in [-0.39, 0.29) is 24.2 Å². The van der Waals surface area contributed by atoms with Gasteiger partial charge in [0.25, 0.3) is 5.69 Å². The summed E-state index contributed by atoms with van der Waals surface area (Å²) in [5.41, 5.74) is 0.858. The second-order valence-corrected chi connectivity index (χ2v) is 4.54. The monoisotopic (exact) mass is 277 g/mol. The van der Waals surface area contributed by atoms with Gasteiger partial charge in [-0.2, -0.15) is 0 Å². The highest BCUT2D eigenvalue weighted by Gasteiger charge is 2.16. The van der Waals surface area contributed by atoms with Gasteiger partial charge in [-0.3, -0.25) is 19.8 Å². The molecular weight excluding hydrogens is 258 g/mol. The second-order valence-electron chi connectivity index (χ2n) is 4.54. The molecule has 0 radical (unpaired) electrons. The van der Waals surface area contributed by atoms with Crippen LogP contribution in [0.1, 0.15) is 18.5 Å². The van der Waals surface area contributed by atoms with E-state index in [1.165, 1.54) is 12.1 Å². The van der Waals surface area contributed by atoms with Crippen LogP contribution in [-0.2, 0) is 4.79 Å². The van der Waals surface area contributed by atoms with E-state index in [0.717, 1.165) is 5.56 Å². The number of amides is 1. The van der Waals surface area contributed by atoms with Gasteiger partial charge in [-0.1, -0.05) is 18.2 Å². The van der Waals surface area contributed by atoms with Gasteiger partial charge >= 0.3 is 0 Å². The molecule has 1 rings (SSSR count). The maximum absolute atomic E-state index is 11.6. The van der Waals surface area contributed by atoms with Gasteiger partial charge in [0.1, 0.15) is 0 Å². The summed E-state index contributed by atoms with van der Waals surface area (Å²) in [6, 6.07) is 6.35. The van der Waals surface area contributed by atoms with E-state index in [1.807, 2.05) is 17.9 Å². The van der Waals surface area contributed by atoms with Crippen LogP contribution >= 0.6 is 0 Å². The van der Waals surface area contributed by atoms with E-state index in [1.54, 1.807) is 19.2 Å². The van der Waals surface area contributed by atoms with Crippen molar-refractivity contribution in [1.82, 2.24) is 10.2 Å². The highest BCUT2D eigenvalue weighted by molar-refractivity contribution is 5.78. The van der Waals surface area contributed by atoms with E-state index in [4.69, 9.17) is 0 Å². The summed E-state index contributed by atoms with van der Waals surface area (Å²) in [7, 11) is 1.80. The van der Waals surface area contributed by atoms with Crippen molar-refractivity contribution >= 4 is 11.6 Å². The fourth-order valence-corrected chi connectivity index (χ4v) is 1.76. The van der Waals surface area contributed by atoms with Crippen LogP contribution in [0.3, 0.4) is 0 Å². The van der Waals surface area contributed by atoms with Crippen molar-refractivity contribution in [3.63, 3.8) is 0 Å². The predicted octanol–water partition coefficient (Wildman–Crippen LogP) is 1.89. The first-order chi connectivity index (χ1) is 9.45. The summed E-state index contributed by atoms with van der Waals surface area (Å²) in [4.78, 5) is 23.8. The zero-order valence-electron chi connectivity index (χ0n) is 11.7. The first kappa shape index (κ1) is 15.8. The van der Waals surface area contributed by atoms with Gasteiger partial charge in [-0.05, 0) is 19.5 Å². The average molecular weight is 277 g/mol. The molecule has 6 heteroatoms. The molecule has 0 heterocycles. The van der Waals surface area contributed by atoms with Crippen molar-refractivity contribution in [2.45, 2.75) is 13.0 Å². The maximum atomic E-state index is 11.6. The van der Waals surface area contributed by atoms with Crippen molar-refractivity contribution in [3.05, 3.63) is 52.6 Å². The van der Waals surface area contributed by atoms with Crippen molar-refractivity contribution in [2.75, 3.05) is 20.1 Å². The first-order valence-corrected chi connectivity index (χ1v) is 6.28. The van der Waals surface area contributed by atoms with Crippen molar-refractivity contribution < 1.29 is 9.72 Å². The molecule has 0 aliphatic rings. The van der Waals surface area contributed by atoms with Crippen LogP contribution < -0.4 is 5.32 Å². The molecule has 1 atom stereocenters. The highest BCUT2D eigenvalue weighted by Crippen LogP contribution is 2.22. The summed E-state index contributed by atoms with van der Waals surface area (Å²) in [6.45, 7) is 6.08. The number of nitrogens with one attached hydrogen (secondary N) is 1. The number of carbonyl (C=O) groups is 1. The number of rotatable bonds is 7. The molecule has 1 aromatic carbocycles. The van der Waals surface area contributed by atoms with Gasteiger partial charge < -0.3 is 5.32 Å². The SMILES string of the molecule is C=CCNC(=O)CN(C)C(C)c1cccc([N+](=O)[O-])c1. The molecule has 108 valence electrons. The van der Waals surface area contributed by atoms with Crippen LogP contribution in [-0.4, -0.2) is 35.9 Å². The Hall–Kier alpha value is -2.21. The van der Waals surface area contributed by atoms with Gasteiger partial charge in [-0.15, -0.1) is 6.58 Å². The normalized spacial score (nSPS) is 11.9. The molecule has 1 N–H and O–H groups in total. The summed E-state index contributed by atoms with van der Waals surface area (Å²) in [5, 5.41) is 13.5. The van der Waals surface area contributed by atoms with Gasteiger partial charge in [0, 0.05) is 24.7 Å². The number of hydrogen-bond donors (Lipinski definition) is 1. The molecule has 0 aliphatic carbocycles. The molecule has 0 saturated carbocycles. The lowest BCUT2D eigenvalue weighted by atomic mass is 10.1. The van der Waals surface area contributed by atoms with Crippen LogP contribution in [0, 0.1) is 10.1 Å². The summed E-state index contributed by atoms with van der Waals surface area (Å²) in [5.74, 6) is -0.107. The molecular formula is C14H19N3O3. The topological polar surface area (TPSA) is 75.5 Å². The van der Waals surface area contributed by atoms with Gasteiger partial charge in [0.15, 0.2) is 0 Å². The summed E-state index contributed by atoms with van der Waals surface area (Å²) < 4.78 is 0. The van der Waals surface area contributed by atoms with Crippen molar-refractivity contribution in [3.8, 4) is 0 Å². The van der Waals surface area contributed by atoms with E-state index >= 15 is 0 Å². The molecule has 1 unspecified atom stereocenters. The highest BCUT2D eigenvalue weighted by atomic mass is 16.6. The first-order valence-electron chi connectivity index (χ1n) is 6.28. The molecule has 0 spiro atoms. The molecule has 6 nitrogen and oxygen atoms in total. The fourth-order valence-electron chi connectivity index (χ4n) is 1.76. The van der Waals surface area contributed by atoms with Gasteiger partial charge in [-0.25, -0.2) is 0 Å². The van der Waals surface area contributed by atoms with Crippen LogP contribution in [0.15, 0.2) is 36.9 Å². The maximum Gasteiger partial charge on any atom is 0.269 e. The zero-order chi connectivity index (χ0) is 15.1. The number of nitro groups is 1. The Balaban J connectivity index is 2.71. The molecule has 1 aromatic rings. The number of nitro benzene ring substituents is 1. The zero-order valence-corrected chi connectivity index (χ0v) is 11.7. The average Bonchev–Trinajstić information content (AvgIpc) is 2.44. The minimum atomic E-state index is -0.424. The molecule has 0 bridgehead atoms. The fraction of sp³-hybridized carbons (Fsp3) is 0.357.